The highest BCUT2D eigenvalue weighted by molar-refractivity contribution is 5.95. The first-order valence-electron chi connectivity index (χ1n) is 7.91. The van der Waals surface area contributed by atoms with Crippen LogP contribution in [0.15, 0.2) is 71.7 Å². The number of aryl methyl sites for hydroxylation is 1. The SMILES string of the molecule is Cc1cc(-c2c[nH]c3ccccc23)c(=O)n(Cc2ccccc2)n1. The highest BCUT2D eigenvalue weighted by atomic mass is 16.1. The molecule has 0 unspecified atom stereocenters. The second-order valence-electron chi connectivity index (χ2n) is 5.90. The van der Waals surface area contributed by atoms with Crippen molar-refractivity contribution in [3.8, 4) is 11.1 Å². The molecule has 4 rings (SSSR count). The molecule has 0 aliphatic heterocycles. The molecule has 4 nitrogen and oxygen atoms in total. The van der Waals surface area contributed by atoms with Gasteiger partial charge in [0.15, 0.2) is 0 Å². The number of benzene rings is 2. The van der Waals surface area contributed by atoms with Crippen LogP contribution in [0.4, 0.5) is 0 Å². The van der Waals surface area contributed by atoms with Gasteiger partial charge in [0.05, 0.1) is 17.8 Å². The third kappa shape index (κ3) is 2.52. The molecule has 118 valence electrons. The maximum atomic E-state index is 13.0. The first-order chi connectivity index (χ1) is 11.7. The molecule has 2 aromatic heterocycles. The summed E-state index contributed by atoms with van der Waals surface area (Å²) >= 11 is 0. The van der Waals surface area contributed by atoms with Gasteiger partial charge in [-0.2, -0.15) is 5.10 Å². The average Bonchev–Trinajstić information content (AvgIpc) is 3.03. The van der Waals surface area contributed by atoms with E-state index < -0.39 is 0 Å². The van der Waals surface area contributed by atoms with Crippen LogP contribution in [0.1, 0.15) is 11.3 Å². The molecular weight excluding hydrogens is 298 g/mol. The van der Waals surface area contributed by atoms with Crippen LogP contribution in [0.5, 0.6) is 0 Å². The Balaban J connectivity index is 1.86. The Morgan fingerprint density at radius 3 is 2.58 bits per heavy atom. The van der Waals surface area contributed by atoms with Crippen molar-refractivity contribution in [3.05, 3.63) is 88.5 Å². The predicted octanol–water partition coefficient (Wildman–Crippen LogP) is 3.75. The standard InChI is InChI=1S/C20H17N3O/c1-14-11-17(18-12-21-19-10-6-5-9-16(18)19)20(24)23(22-14)13-15-7-3-2-4-8-15/h2-12,21H,13H2,1H3. The smallest absolute Gasteiger partial charge is 0.275 e. The molecule has 4 heteroatoms. The van der Waals surface area contributed by atoms with E-state index >= 15 is 0 Å². The molecule has 2 aromatic carbocycles. The number of hydrogen-bond donors (Lipinski definition) is 1. The van der Waals surface area contributed by atoms with E-state index in [-0.39, 0.29) is 5.56 Å². The van der Waals surface area contributed by atoms with Crippen molar-refractivity contribution in [1.29, 1.82) is 0 Å². The van der Waals surface area contributed by atoms with Crippen molar-refractivity contribution in [2.75, 3.05) is 0 Å². The van der Waals surface area contributed by atoms with Gasteiger partial charge in [0.1, 0.15) is 0 Å². The van der Waals surface area contributed by atoms with Gasteiger partial charge in [0.2, 0.25) is 0 Å². The minimum atomic E-state index is -0.0748. The lowest BCUT2D eigenvalue weighted by molar-refractivity contribution is 0.630. The maximum Gasteiger partial charge on any atom is 0.275 e. The third-order valence-electron chi connectivity index (χ3n) is 4.15. The highest BCUT2D eigenvalue weighted by Crippen LogP contribution is 2.26. The number of nitrogens with one attached hydrogen (secondary N) is 1. The summed E-state index contributed by atoms with van der Waals surface area (Å²) < 4.78 is 1.54. The number of aromatic nitrogens is 3. The van der Waals surface area contributed by atoms with Gasteiger partial charge in [0, 0.05) is 22.7 Å². The Labute approximate surface area is 139 Å². The summed E-state index contributed by atoms with van der Waals surface area (Å²) in [6, 6.07) is 19.8. The highest BCUT2D eigenvalue weighted by Gasteiger charge is 2.13. The molecular formula is C20H17N3O. The van der Waals surface area contributed by atoms with Crippen LogP contribution >= 0.6 is 0 Å². The van der Waals surface area contributed by atoms with E-state index in [1.807, 2.05) is 73.8 Å². The first kappa shape index (κ1) is 14.5. The second-order valence-corrected chi connectivity index (χ2v) is 5.90. The molecule has 0 saturated heterocycles. The van der Waals surface area contributed by atoms with E-state index in [2.05, 4.69) is 10.1 Å². The molecule has 0 fully saturated rings. The summed E-state index contributed by atoms with van der Waals surface area (Å²) in [5.74, 6) is 0. The Bertz CT molecular complexity index is 1060. The number of rotatable bonds is 3. The molecule has 0 aliphatic carbocycles. The Morgan fingerprint density at radius 1 is 1.00 bits per heavy atom. The van der Waals surface area contributed by atoms with Gasteiger partial charge in [-0.3, -0.25) is 4.79 Å². The van der Waals surface area contributed by atoms with E-state index in [0.717, 1.165) is 27.7 Å². The zero-order valence-corrected chi connectivity index (χ0v) is 13.4. The Hall–Kier alpha value is -3.14. The summed E-state index contributed by atoms with van der Waals surface area (Å²) in [5.41, 5.74) is 4.43. The van der Waals surface area contributed by atoms with Crippen molar-refractivity contribution < 1.29 is 0 Å². The normalized spacial score (nSPS) is 11.0. The number of H-pyrrole nitrogens is 1. The summed E-state index contributed by atoms with van der Waals surface area (Å²) in [6.07, 6.45) is 1.90. The molecule has 2 heterocycles. The van der Waals surface area contributed by atoms with Gasteiger partial charge < -0.3 is 4.98 Å². The zero-order chi connectivity index (χ0) is 16.5. The van der Waals surface area contributed by atoms with E-state index in [9.17, 15) is 4.79 Å². The molecule has 0 radical (unpaired) electrons. The Kier molecular flexibility index (Phi) is 3.50. The number of hydrogen-bond acceptors (Lipinski definition) is 2. The van der Waals surface area contributed by atoms with Crippen molar-refractivity contribution in [3.63, 3.8) is 0 Å². The van der Waals surface area contributed by atoms with Crippen LogP contribution in [-0.2, 0) is 6.54 Å². The first-order valence-corrected chi connectivity index (χ1v) is 7.91. The minimum Gasteiger partial charge on any atom is -0.361 e. The van der Waals surface area contributed by atoms with E-state index in [4.69, 9.17) is 0 Å². The van der Waals surface area contributed by atoms with Crippen LogP contribution in [-0.4, -0.2) is 14.8 Å². The maximum absolute atomic E-state index is 13.0. The Morgan fingerprint density at radius 2 is 1.75 bits per heavy atom. The van der Waals surface area contributed by atoms with Crippen molar-refractivity contribution in [2.24, 2.45) is 0 Å². The average molecular weight is 315 g/mol. The number of para-hydroxylation sites is 1. The molecule has 0 atom stereocenters. The summed E-state index contributed by atoms with van der Waals surface area (Å²) in [4.78, 5) is 16.2. The zero-order valence-electron chi connectivity index (χ0n) is 13.4. The lowest BCUT2D eigenvalue weighted by atomic mass is 10.1. The van der Waals surface area contributed by atoms with E-state index in [1.54, 1.807) is 4.68 Å². The van der Waals surface area contributed by atoms with Crippen molar-refractivity contribution >= 4 is 10.9 Å². The van der Waals surface area contributed by atoms with Gasteiger partial charge in [-0.05, 0) is 24.6 Å². The number of nitrogens with zero attached hydrogens (tertiary/aromatic N) is 2. The van der Waals surface area contributed by atoms with Crippen LogP contribution < -0.4 is 5.56 Å². The van der Waals surface area contributed by atoms with E-state index in [1.165, 1.54) is 0 Å². The molecule has 4 aromatic rings. The second kappa shape index (κ2) is 5.81. The van der Waals surface area contributed by atoms with Crippen LogP contribution in [0.2, 0.25) is 0 Å². The molecule has 0 bridgehead atoms. The van der Waals surface area contributed by atoms with Gasteiger partial charge in [-0.25, -0.2) is 4.68 Å². The van der Waals surface area contributed by atoms with Crippen LogP contribution in [0.25, 0.3) is 22.0 Å². The monoisotopic (exact) mass is 315 g/mol. The molecule has 0 amide bonds. The lowest BCUT2D eigenvalue weighted by Crippen LogP contribution is -2.25. The number of aromatic amines is 1. The van der Waals surface area contributed by atoms with Gasteiger partial charge >= 0.3 is 0 Å². The lowest BCUT2D eigenvalue weighted by Gasteiger charge is -2.09. The number of fused-ring (bicyclic) bond motifs is 1. The van der Waals surface area contributed by atoms with Gasteiger partial charge in [-0.15, -0.1) is 0 Å². The van der Waals surface area contributed by atoms with Crippen LogP contribution in [0.3, 0.4) is 0 Å². The fourth-order valence-corrected chi connectivity index (χ4v) is 3.03. The minimum absolute atomic E-state index is 0.0748. The molecule has 0 spiro atoms. The molecule has 1 N–H and O–H groups in total. The quantitative estimate of drug-likeness (QED) is 0.626. The summed E-state index contributed by atoms with van der Waals surface area (Å²) in [5, 5.41) is 5.46. The fraction of sp³-hybridized carbons (Fsp3) is 0.100. The molecule has 0 saturated carbocycles. The van der Waals surface area contributed by atoms with Crippen molar-refractivity contribution in [1.82, 2.24) is 14.8 Å². The van der Waals surface area contributed by atoms with E-state index in [0.29, 0.717) is 12.1 Å². The van der Waals surface area contributed by atoms with Gasteiger partial charge in [-0.1, -0.05) is 48.5 Å². The van der Waals surface area contributed by atoms with Crippen LogP contribution in [0, 0.1) is 6.92 Å². The molecule has 0 aliphatic rings. The van der Waals surface area contributed by atoms with Crippen molar-refractivity contribution in [2.45, 2.75) is 13.5 Å². The fourth-order valence-electron chi connectivity index (χ4n) is 3.03. The third-order valence-corrected chi connectivity index (χ3v) is 4.15. The predicted molar refractivity (Wildman–Crippen MR) is 96.1 cm³/mol. The topological polar surface area (TPSA) is 50.7 Å². The largest absolute Gasteiger partial charge is 0.361 e. The summed E-state index contributed by atoms with van der Waals surface area (Å²) in [6.45, 7) is 2.38. The van der Waals surface area contributed by atoms with Gasteiger partial charge in [0.25, 0.3) is 5.56 Å². The molecule has 24 heavy (non-hydrogen) atoms. The summed E-state index contributed by atoms with van der Waals surface area (Å²) in [7, 11) is 0.